The minimum atomic E-state index is -1.25. The van der Waals surface area contributed by atoms with Gasteiger partial charge in [-0.05, 0) is 18.9 Å². The maximum Gasteiger partial charge on any atom is 0.510 e. The van der Waals surface area contributed by atoms with Crippen molar-refractivity contribution in [3.05, 3.63) is 12.3 Å². The molecule has 0 aliphatic carbocycles. The number of ether oxygens (including phenoxy) is 1. The van der Waals surface area contributed by atoms with Gasteiger partial charge in [0, 0.05) is 0 Å². The number of carbonyl (C=O) groups is 1. The molecule has 0 aromatic heterocycles. The molecule has 0 aromatic carbocycles. The first kappa shape index (κ1) is 13.0. The minimum Gasteiger partial charge on any atom is -0.449 e. The third-order valence-corrected chi connectivity index (χ3v) is 1.99. The molecule has 0 aromatic rings. The summed E-state index contributed by atoms with van der Waals surface area (Å²) in [7, 11) is 0. The molecule has 0 radical (unpaired) electrons. The molecular formula is C11H20O3. The zero-order valence-corrected chi connectivity index (χ0v) is 8.87. The van der Waals surface area contributed by atoms with Crippen molar-refractivity contribution in [2.75, 3.05) is 0 Å². The Labute approximate surface area is 85.8 Å². The van der Waals surface area contributed by atoms with Crippen molar-refractivity contribution >= 4 is 6.16 Å². The van der Waals surface area contributed by atoms with Gasteiger partial charge in [0.05, 0.1) is 6.26 Å². The van der Waals surface area contributed by atoms with Crippen LogP contribution in [-0.2, 0) is 4.74 Å². The molecule has 3 heteroatoms. The van der Waals surface area contributed by atoms with E-state index in [1.54, 1.807) is 6.08 Å². The molecule has 82 valence electrons. The molecule has 0 saturated carbocycles. The van der Waals surface area contributed by atoms with Crippen LogP contribution in [0.3, 0.4) is 0 Å². The summed E-state index contributed by atoms with van der Waals surface area (Å²) < 4.78 is 4.22. The standard InChI is InChI=1S/C11H20O3/c1-2-3-4-5-6-7-8-9-10-14-11(12)13/h9-10H,2-8H2,1H3,(H,12,13). The Bertz CT molecular complexity index is 164. The quantitative estimate of drug-likeness (QED) is 0.366. The van der Waals surface area contributed by atoms with Crippen molar-refractivity contribution in [1.29, 1.82) is 0 Å². The lowest BCUT2D eigenvalue weighted by Crippen LogP contribution is -1.91. The fourth-order valence-electron chi connectivity index (χ4n) is 1.22. The van der Waals surface area contributed by atoms with Gasteiger partial charge in [0.25, 0.3) is 0 Å². The van der Waals surface area contributed by atoms with E-state index in [0.29, 0.717) is 0 Å². The number of hydrogen-bond acceptors (Lipinski definition) is 2. The topological polar surface area (TPSA) is 46.5 Å². The number of hydrogen-bond donors (Lipinski definition) is 1. The van der Waals surface area contributed by atoms with Crippen molar-refractivity contribution < 1.29 is 14.6 Å². The molecule has 0 amide bonds. The van der Waals surface area contributed by atoms with Crippen LogP contribution in [0, 0.1) is 0 Å². The van der Waals surface area contributed by atoms with Crippen molar-refractivity contribution in [1.82, 2.24) is 0 Å². The maximum atomic E-state index is 9.93. The van der Waals surface area contributed by atoms with Crippen molar-refractivity contribution in [3.8, 4) is 0 Å². The summed E-state index contributed by atoms with van der Waals surface area (Å²) in [5.41, 5.74) is 0. The molecular weight excluding hydrogens is 180 g/mol. The van der Waals surface area contributed by atoms with Gasteiger partial charge in [0.2, 0.25) is 0 Å². The molecule has 3 nitrogen and oxygen atoms in total. The Morgan fingerprint density at radius 3 is 2.50 bits per heavy atom. The third-order valence-electron chi connectivity index (χ3n) is 1.99. The highest BCUT2D eigenvalue weighted by atomic mass is 16.7. The van der Waals surface area contributed by atoms with E-state index in [4.69, 9.17) is 5.11 Å². The molecule has 0 spiro atoms. The number of rotatable bonds is 8. The Morgan fingerprint density at radius 1 is 1.21 bits per heavy atom. The summed E-state index contributed by atoms with van der Waals surface area (Å²) in [6, 6.07) is 0. The third kappa shape index (κ3) is 11.0. The molecule has 0 saturated heterocycles. The van der Waals surface area contributed by atoms with Crippen molar-refractivity contribution in [3.63, 3.8) is 0 Å². The first-order valence-corrected chi connectivity index (χ1v) is 5.32. The fraction of sp³-hybridized carbons (Fsp3) is 0.727. The van der Waals surface area contributed by atoms with Gasteiger partial charge in [0.15, 0.2) is 0 Å². The van der Waals surface area contributed by atoms with Crippen LogP contribution in [0.15, 0.2) is 12.3 Å². The summed E-state index contributed by atoms with van der Waals surface area (Å²) in [6.45, 7) is 2.20. The van der Waals surface area contributed by atoms with Crippen molar-refractivity contribution in [2.24, 2.45) is 0 Å². The summed E-state index contributed by atoms with van der Waals surface area (Å²) >= 11 is 0. The largest absolute Gasteiger partial charge is 0.510 e. The molecule has 0 fully saturated rings. The smallest absolute Gasteiger partial charge is 0.449 e. The SMILES string of the molecule is CCCCCCCCC=COC(=O)O. The molecule has 0 rings (SSSR count). The van der Waals surface area contributed by atoms with E-state index < -0.39 is 6.16 Å². The van der Waals surface area contributed by atoms with Crippen LogP contribution in [-0.4, -0.2) is 11.3 Å². The van der Waals surface area contributed by atoms with E-state index in [1.807, 2.05) is 0 Å². The highest BCUT2D eigenvalue weighted by molar-refractivity contribution is 5.57. The van der Waals surface area contributed by atoms with Crippen molar-refractivity contribution in [2.45, 2.75) is 51.9 Å². The van der Waals surface area contributed by atoms with Crippen LogP contribution < -0.4 is 0 Å². The van der Waals surface area contributed by atoms with Crippen LogP contribution >= 0.6 is 0 Å². The molecule has 0 bridgehead atoms. The predicted molar refractivity (Wildman–Crippen MR) is 56.2 cm³/mol. The molecule has 0 heterocycles. The van der Waals surface area contributed by atoms with Crippen LogP contribution in [0.1, 0.15) is 51.9 Å². The number of allylic oxidation sites excluding steroid dienone is 1. The minimum absolute atomic E-state index is 0.902. The van der Waals surface area contributed by atoms with Gasteiger partial charge in [-0.3, -0.25) is 0 Å². The van der Waals surface area contributed by atoms with E-state index in [-0.39, 0.29) is 0 Å². The normalized spacial score (nSPS) is 10.6. The molecule has 0 atom stereocenters. The van der Waals surface area contributed by atoms with Gasteiger partial charge in [-0.15, -0.1) is 0 Å². The Kier molecular flexibility index (Phi) is 9.38. The van der Waals surface area contributed by atoms with Gasteiger partial charge < -0.3 is 9.84 Å². The highest BCUT2D eigenvalue weighted by Crippen LogP contribution is 2.06. The highest BCUT2D eigenvalue weighted by Gasteiger charge is 1.90. The average molecular weight is 200 g/mol. The summed E-state index contributed by atoms with van der Waals surface area (Å²) in [5.74, 6) is 0. The van der Waals surface area contributed by atoms with Crippen LogP contribution in [0.4, 0.5) is 4.79 Å². The monoisotopic (exact) mass is 200 g/mol. The first-order chi connectivity index (χ1) is 6.77. The lowest BCUT2D eigenvalue weighted by atomic mass is 10.1. The maximum absolute atomic E-state index is 9.93. The van der Waals surface area contributed by atoms with Gasteiger partial charge in [-0.1, -0.05) is 39.0 Å². The van der Waals surface area contributed by atoms with Crippen LogP contribution in [0.25, 0.3) is 0 Å². The van der Waals surface area contributed by atoms with Gasteiger partial charge >= 0.3 is 6.16 Å². The molecule has 0 aliphatic rings. The average Bonchev–Trinajstić information content (AvgIpc) is 2.15. The van der Waals surface area contributed by atoms with E-state index in [9.17, 15) is 4.79 Å². The van der Waals surface area contributed by atoms with Gasteiger partial charge in [-0.2, -0.15) is 0 Å². The van der Waals surface area contributed by atoms with Gasteiger partial charge in [0.1, 0.15) is 0 Å². The fourth-order valence-corrected chi connectivity index (χ4v) is 1.22. The molecule has 14 heavy (non-hydrogen) atoms. The Hall–Kier alpha value is -0.990. The zero-order valence-electron chi connectivity index (χ0n) is 8.87. The Morgan fingerprint density at radius 2 is 1.86 bits per heavy atom. The second kappa shape index (κ2) is 10.1. The summed E-state index contributed by atoms with van der Waals surface area (Å²) in [5, 5.41) is 8.14. The van der Waals surface area contributed by atoms with E-state index in [1.165, 1.54) is 38.4 Å². The number of carboxylic acid groups (broad SMARTS) is 1. The van der Waals surface area contributed by atoms with E-state index >= 15 is 0 Å². The summed E-state index contributed by atoms with van der Waals surface area (Å²) in [4.78, 5) is 9.93. The Balaban J connectivity index is 3.05. The zero-order chi connectivity index (χ0) is 10.6. The van der Waals surface area contributed by atoms with Gasteiger partial charge in [-0.25, -0.2) is 4.79 Å². The first-order valence-electron chi connectivity index (χ1n) is 5.32. The molecule has 1 N–H and O–H groups in total. The summed E-state index contributed by atoms with van der Waals surface area (Å²) in [6.07, 6.45) is 10.2. The lowest BCUT2D eigenvalue weighted by molar-refractivity contribution is 0.128. The molecule has 0 aliphatic heterocycles. The second-order valence-corrected chi connectivity index (χ2v) is 3.31. The van der Waals surface area contributed by atoms with Crippen LogP contribution in [0.5, 0.6) is 0 Å². The lowest BCUT2D eigenvalue weighted by Gasteiger charge is -1.97. The second-order valence-electron chi connectivity index (χ2n) is 3.31. The predicted octanol–water partition coefficient (Wildman–Crippen LogP) is 3.95. The van der Waals surface area contributed by atoms with Crippen LogP contribution in [0.2, 0.25) is 0 Å². The van der Waals surface area contributed by atoms with E-state index in [2.05, 4.69) is 11.7 Å². The van der Waals surface area contributed by atoms with E-state index in [0.717, 1.165) is 12.8 Å². The molecule has 0 unspecified atom stereocenters. The number of unbranched alkanes of at least 4 members (excludes halogenated alkanes) is 6.